The zero-order chi connectivity index (χ0) is 8.69. The van der Waals surface area contributed by atoms with Gasteiger partial charge in [0.2, 0.25) is 0 Å². The van der Waals surface area contributed by atoms with Crippen molar-refractivity contribution in [2.45, 2.75) is 53.1 Å². The number of ether oxygens (including phenoxy) is 1. The van der Waals surface area contributed by atoms with Gasteiger partial charge in [-0.05, 0) is 26.2 Å². The first-order chi connectivity index (χ1) is 5.20. The molecule has 0 amide bonds. The van der Waals surface area contributed by atoms with Crippen molar-refractivity contribution in [1.29, 1.82) is 0 Å². The van der Waals surface area contributed by atoms with Gasteiger partial charge >= 0.3 is 0 Å². The molecule has 0 atom stereocenters. The fraction of sp³-hybridized carbons (Fsp3) is 1.00. The van der Waals surface area contributed by atoms with Crippen LogP contribution in [0.3, 0.4) is 0 Å². The van der Waals surface area contributed by atoms with Crippen LogP contribution in [0.4, 0.5) is 0 Å². The van der Waals surface area contributed by atoms with Gasteiger partial charge in [0.25, 0.3) is 0 Å². The maximum atomic E-state index is 5.48. The van der Waals surface area contributed by atoms with Gasteiger partial charge in [-0.2, -0.15) is 0 Å². The Hall–Kier alpha value is -0.0400. The van der Waals surface area contributed by atoms with Gasteiger partial charge in [0, 0.05) is 6.61 Å². The van der Waals surface area contributed by atoms with Crippen molar-refractivity contribution in [3.05, 3.63) is 0 Å². The quantitative estimate of drug-likeness (QED) is 0.576. The summed E-state index contributed by atoms with van der Waals surface area (Å²) in [6.45, 7) is 9.62. The molecule has 0 spiro atoms. The van der Waals surface area contributed by atoms with E-state index in [9.17, 15) is 0 Å². The summed E-state index contributed by atoms with van der Waals surface area (Å²) in [6, 6.07) is 0. The predicted molar refractivity (Wildman–Crippen MR) is 49.8 cm³/mol. The van der Waals surface area contributed by atoms with Crippen LogP contribution in [0.5, 0.6) is 0 Å². The summed E-state index contributed by atoms with van der Waals surface area (Å²) in [4.78, 5) is 0. The largest absolute Gasteiger partial charge is 0.379 e. The highest BCUT2D eigenvalue weighted by atomic mass is 16.5. The Labute approximate surface area is 71.1 Å². The molecule has 0 radical (unpaired) electrons. The molecule has 1 nitrogen and oxygen atoms in total. The maximum absolute atomic E-state index is 5.48. The van der Waals surface area contributed by atoms with Crippen LogP contribution in [0.2, 0.25) is 0 Å². The lowest BCUT2D eigenvalue weighted by molar-refractivity contribution is 0.0677. The van der Waals surface area contributed by atoms with Gasteiger partial charge < -0.3 is 4.74 Å². The van der Waals surface area contributed by atoms with E-state index in [1.165, 1.54) is 19.3 Å². The Morgan fingerprint density at radius 2 is 1.64 bits per heavy atom. The minimum atomic E-state index is 0.393. The van der Waals surface area contributed by atoms with Gasteiger partial charge in [-0.3, -0.25) is 0 Å². The summed E-state index contributed by atoms with van der Waals surface area (Å²) in [5.74, 6) is 0.869. The van der Waals surface area contributed by atoms with Crippen molar-refractivity contribution in [1.82, 2.24) is 0 Å². The zero-order valence-electron chi connectivity index (χ0n) is 8.39. The van der Waals surface area contributed by atoms with Gasteiger partial charge in [0.15, 0.2) is 0 Å². The molecule has 0 aromatic carbocycles. The van der Waals surface area contributed by atoms with Crippen LogP contribution in [0, 0.1) is 5.92 Å². The second-order valence-corrected chi connectivity index (χ2v) is 3.39. The molecule has 0 saturated carbocycles. The lowest BCUT2D eigenvalue weighted by Crippen LogP contribution is -2.08. The van der Waals surface area contributed by atoms with Gasteiger partial charge in [0.05, 0.1) is 6.10 Å². The minimum absolute atomic E-state index is 0.393. The summed E-state index contributed by atoms with van der Waals surface area (Å²) in [5.41, 5.74) is 0. The Morgan fingerprint density at radius 1 is 1.09 bits per heavy atom. The van der Waals surface area contributed by atoms with E-state index < -0.39 is 0 Å². The van der Waals surface area contributed by atoms with E-state index in [-0.39, 0.29) is 0 Å². The molecule has 0 aliphatic rings. The highest BCUT2D eigenvalue weighted by Crippen LogP contribution is 2.12. The van der Waals surface area contributed by atoms with E-state index >= 15 is 0 Å². The Balaban J connectivity index is 3.21. The van der Waals surface area contributed by atoms with Crippen molar-refractivity contribution >= 4 is 0 Å². The molecule has 0 aromatic heterocycles. The highest BCUT2D eigenvalue weighted by Gasteiger charge is 2.02. The first-order valence-corrected chi connectivity index (χ1v) is 4.82. The predicted octanol–water partition coefficient (Wildman–Crippen LogP) is 3.24. The van der Waals surface area contributed by atoms with E-state index in [0.717, 1.165) is 12.5 Å². The summed E-state index contributed by atoms with van der Waals surface area (Å²) >= 11 is 0. The first kappa shape index (κ1) is 11.0. The standard InChI is InChI=1S/C10H22O/c1-5-10(6-2)7-8-11-9(3)4/h9-10H,5-8H2,1-4H3. The third-order valence-electron chi connectivity index (χ3n) is 2.13. The first-order valence-electron chi connectivity index (χ1n) is 4.82. The maximum Gasteiger partial charge on any atom is 0.0518 e. The minimum Gasteiger partial charge on any atom is -0.379 e. The van der Waals surface area contributed by atoms with Crippen LogP contribution in [0.1, 0.15) is 47.0 Å². The van der Waals surface area contributed by atoms with Crippen LogP contribution < -0.4 is 0 Å². The van der Waals surface area contributed by atoms with E-state index in [1.807, 2.05) is 0 Å². The van der Waals surface area contributed by atoms with Crippen LogP contribution in [0.25, 0.3) is 0 Å². The number of hydrogen-bond donors (Lipinski definition) is 0. The Kier molecular flexibility index (Phi) is 6.63. The fourth-order valence-corrected chi connectivity index (χ4v) is 1.17. The van der Waals surface area contributed by atoms with Gasteiger partial charge in [0.1, 0.15) is 0 Å². The topological polar surface area (TPSA) is 9.23 Å². The number of hydrogen-bond acceptors (Lipinski definition) is 1. The van der Waals surface area contributed by atoms with Gasteiger partial charge in [-0.15, -0.1) is 0 Å². The molecular weight excluding hydrogens is 136 g/mol. The molecule has 0 aliphatic heterocycles. The highest BCUT2D eigenvalue weighted by molar-refractivity contribution is 4.53. The third-order valence-corrected chi connectivity index (χ3v) is 2.13. The molecule has 68 valence electrons. The number of rotatable bonds is 6. The molecule has 0 rings (SSSR count). The lowest BCUT2D eigenvalue weighted by Gasteiger charge is -2.13. The average Bonchev–Trinajstić information content (AvgIpc) is 1.98. The van der Waals surface area contributed by atoms with E-state index in [0.29, 0.717) is 6.10 Å². The summed E-state index contributed by atoms with van der Waals surface area (Å²) in [6.07, 6.45) is 4.20. The SMILES string of the molecule is CCC(CC)CCOC(C)C. The molecule has 0 unspecified atom stereocenters. The third kappa shape index (κ3) is 6.36. The van der Waals surface area contributed by atoms with Crippen molar-refractivity contribution in [2.75, 3.05) is 6.61 Å². The van der Waals surface area contributed by atoms with E-state index in [4.69, 9.17) is 4.74 Å². The van der Waals surface area contributed by atoms with E-state index in [2.05, 4.69) is 27.7 Å². The molecule has 0 aromatic rings. The van der Waals surface area contributed by atoms with Crippen molar-refractivity contribution in [3.63, 3.8) is 0 Å². The second kappa shape index (κ2) is 6.66. The fourth-order valence-electron chi connectivity index (χ4n) is 1.17. The molecule has 0 N–H and O–H groups in total. The Morgan fingerprint density at radius 3 is 2.00 bits per heavy atom. The molecular formula is C10H22O. The summed E-state index contributed by atoms with van der Waals surface area (Å²) in [7, 11) is 0. The average molecular weight is 158 g/mol. The lowest BCUT2D eigenvalue weighted by atomic mass is 10.0. The molecule has 1 heteroatoms. The normalized spacial score (nSPS) is 11.5. The van der Waals surface area contributed by atoms with Crippen molar-refractivity contribution in [2.24, 2.45) is 5.92 Å². The van der Waals surface area contributed by atoms with Gasteiger partial charge in [-0.25, -0.2) is 0 Å². The van der Waals surface area contributed by atoms with Crippen LogP contribution in [-0.4, -0.2) is 12.7 Å². The van der Waals surface area contributed by atoms with Crippen molar-refractivity contribution < 1.29 is 4.74 Å². The van der Waals surface area contributed by atoms with Gasteiger partial charge in [-0.1, -0.05) is 26.7 Å². The monoisotopic (exact) mass is 158 g/mol. The molecule has 0 aliphatic carbocycles. The molecule has 0 heterocycles. The van der Waals surface area contributed by atoms with Crippen LogP contribution in [0.15, 0.2) is 0 Å². The Bertz CT molecular complexity index is 74.9. The molecule has 11 heavy (non-hydrogen) atoms. The van der Waals surface area contributed by atoms with Crippen LogP contribution in [-0.2, 0) is 4.74 Å². The second-order valence-electron chi connectivity index (χ2n) is 3.39. The summed E-state index contributed by atoms with van der Waals surface area (Å²) in [5, 5.41) is 0. The zero-order valence-corrected chi connectivity index (χ0v) is 8.39. The van der Waals surface area contributed by atoms with Crippen LogP contribution >= 0.6 is 0 Å². The smallest absolute Gasteiger partial charge is 0.0518 e. The molecule has 0 fully saturated rings. The summed E-state index contributed by atoms with van der Waals surface area (Å²) < 4.78 is 5.48. The van der Waals surface area contributed by atoms with E-state index in [1.54, 1.807) is 0 Å². The molecule has 0 saturated heterocycles. The molecule has 0 bridgehead atoms. The van der Waals surface area contributed by atoms with Crippen molar-refractivity contribution in [3.8, 4) is 0 Å².